The number of unbranched alkanes of at least 4 members (excludes halogenated alkanes) is 1. The number of nitrogens with two attached hydrogens (primary N) is 2. The first-order chi connectivity index (χ1) is 12.8. The first-order valence-corrected chi connectivity index (χ1v) is 10.6. The van der Waals surface area contributed by atoms with Crippen molar-refractivity contribution in [3.8, 4) is 0 Å². The van der Waals surface area contributed by atoms with E-state index in [2.05, 4.69) is 27.3 Å². The fraction of sp³-hybridized carbons (Fsp3) is 0.529. The molecule has 0 aliphatic heterocycles. The standard InChI is InChI=1S/C17H27N5O3S2/c1-10(14(23)12-6-5-9-20-17(12)27-26)21-15(24)11(2)22-16(25)13(19)7-3-4-8-18/h5-6,9-11,13,26H,3-4,7-8,18-19H2,1-2H3,(H,21,24)(H,22,25)/t10-,11-,13?/m0/s1. The number of carbonyl (C=O) groups excluding carboxylic acids is 3. The molecule has 0 bridgehead atoms. The third-order valence-electron chi connectivity index (χ3n) is 3.93. The number of carbonyl (C=O) groups is 3. The van der Waals surface area contributed by atoms with Gasteiger partial charge in [0, 0.05) is 6.20 Å². The van der Waals surface area contributed by atoms with Crippen molar-refractivity contribution in [2.24, 2.45) is 11.5 Å². The molecule has 8 nitrogen and oxygen atoms in total. The Morgan fingerprint density at radius 2 is 1.85 bits per heavy atom. The van der Waals surface area contributed by atoms with Crippen LogP contribution in [0.15, 0.2) is 23.4 Å². The highest BCUT2D eigenvalue weighted by Gasteiger charge is 2.24. The molecule has 3 atom stereocenters. The highest BCUT2D eigenvalue weighted by Crippen LogP contribution is 2.23. The molecule has 0 spiro atoms. The van der Waals surface area contributed by atoms with Gasteiger partial charge in [0.15, 0.2) is 5.78 Å². The molecule has 0 radical (unpaired) electrons. The van der Waals surface area contributed by atoms with Crippen LogP contribution in [-0.2, 0) is 9.59 Å². The number of rotatable bonds is 11. The second-order valence-electron chi connectivity index (χ2n) is 6.16. The van der Waals surface area contributed by atoms with E-state index in [1.165, 1.54) is 6.92 Å². The minimum absolute atomic E-state index is 0.287. The lowest BCUT2D eigenvalue weighted by Gasteiger charge is -2.20. The molecule has 1 rings (SSSR count). The lowest BCUT2D eigenvalue weighted by molar-refractivity contribution is -0.129. The Balaban J connectivity index is 2.58. The fourth-order valence-corrected chi connectivity index (χ4v) is 3.13. The first-order valence-electron chi connectivity index (χ1n) is 8.68. The molecule has 1 aromatic rings. The minimum atomic E-state index is -0.819. The van der Waals surface area contributed by atoms with Crippen molar-refractivity contribution in [1.29, 1.82) is 0 Å². The summed E-state index contributed by atoms with van der Waals surface area (Å²) in [4.78, 5) is 41.0. The number of hydrogen-bond acceptors (Lipinski definition) is 8. The van der Waals surface area contributed by atoms with E-state index in [-0.39, 0.29) is 5.78 Å². The second-order valence-corrected chi connectivity index (χ2v) is 7.28. The van der Waals surface area contributed by atoms with Gasteiger partial charge in [-0.1, -0.05) is 6.42 Å². The summed E-state index contributed by atoms with van der Waals surface area (Å²) in [6.07, 6.45) is 3.59. The van der Waals surface area contributed by atoms with Gasteiger partial charge in [-0.05, 0) is 56.2 Å². The van der Waals surface area contributed by atoms with Gasteiger partial charge in [0.2, 0.25) is 11.8 Å². The van der Waals surface area contributed by atoms with Crippen LogP contribution in [0.1, 0.15) is 43.5 Å². The summed E-state index contributed by atoms with van der Waals surface area (Å²) >= 11 is 4.08. The molecule has 0 saturated heterocycles. The molecule has 27 heavy (non-hydrogen) atoms. The molecular weight excluding hydrogens is 386 g/mol. The predicted molar refractivity (Wildman–Crippen MR) is 110 cm³/mol. The number of aromatic nitrogens is 1. The van der Waals surface area contributed by atoms with Crippen molar-refractivity contribution in [3.05, 3.63) is 23.9 Å². The van der Waals surface area contributed by atoms with Gasteiger partial charge in [-0.3, -0.25) is 14.4 Å². The van der Waals surface area contributed by atoms with Gasteiger partial charge in [-0.25, -0.2) is 4.98 Å². The highest BCUT2D eigenvalue weighted by atomic mass is 33.1. The van der Waals surface area contributed by atoms with E-state index in [1.807, 2.05) is 0 Å². The third kappa shape index (κ3) is 7.49. The number of ketones is 1. The Kier molecular flexibility index (Phi) is 10.4. The molecule has 0 aliphatic rings. The Bertz CT molecular complexity index is 659. The van der Waals surface area contributed by atoms with Crippen molar-refractivity contribution in [2.45, 2.75) is 56.3 Å². The van der Waals surface area contributed by atoms with Gasteiger partial charge in [-0.2, -0.15) is 0 Å². The number of amides is 2. The van der Waals surface area contributed by atoms with Crippen molar-refractivity contribution in [1.82, 2.24) is 15.6 Å². The van der Waals surface area contributed by atoms with Crippen molar-refractivity contribution in [2.75, 3.05) is 6.54 Å². The lowest BCUT2D eigenvalue weighted by Crippen LogP contribution is -2.52. The van der Waals surface area contributed by atoms with Crippen LogP contribution in [0.4, 0.5) is 0 Å². The van der Waals surface area contributed by atoms with E-state index in [9.17, 15) is 14.4 Å². The monoisotopic (exact) mass is 413 g/mol. The quantitative estimate of drug-likeness (QED) is 0.155. The largest absolute Gasteiger partial charge is 0.344 e. The van der Waals surface area contributed by atoms with E-state index in [4.69, 9.17) is 11.5 Å². The highest BCUT2D eigenvalue weighted by molar-refractivity contribution is 8.68. The van der Waals surface area contributed by atoms with Crippen LogP contribution in [0.5, 0.6) is 0 Å². The molecule has 0 saturated carbocycles. The summed E-state index contributed by atoms with van der Waals surface area (Å²) in [6, 6.07) is 0.974. The summed E-state index contributed by atoms with van der Waals surface area (Å²) < 4.78 is 0. The van der Waals surface area contributed by atoms with Crippen molar-refractivity contribution in [3.63, 3.8) is 0 Å². The number of thiol groups is 1. The fourth-order valence-electron chi connectivity index (χ4n) is 2.31. The summed E-state index contributed by atoms with van der Waals surface area (Å²) in [7, 11) is 1.06. The third-order valence-corrected chi connectivity index (χ3v) is 4.95. The molecule has 6 N–H and O–H groups in total. The zero-order chi connectivity index (χ0) is 20.4. The maximum absolute atomic E-state index is 12.5. The smallest absolute Gasteiger partial charge is 0.242 e. The van der Waals surface area contributed by atoms with Crippen molar-refractivity contribution < 1.29 is 14.4 Å². The number of nitrogens with one attached hydrogen (secondary N) is 2. The molecular formula is C17H27N5O3S2. The minimum Gasteiger partial charge on any atom is -0.344 e. The predicted octanol–water partition coefficient (Wildman–Crippen LogP) is 0.667. The molecule has 1 aromatic heterocycles. The van der Waals surface area contributed by atoms with Crippen LogP contribution in [0.25, 0.3) is 0 Å². The van der Waals surface area contributed by atoms with Crippen LogP contribution in [0, 0.1) is 0 Å². The average molecular weight is 414 g/mol. The maximum Gasteiger partial charge on any atom is 0.242 e. The van der Waals surface area contributed by atoms with Gasteiger partial charge in [-0.15, -0.1) is 11.7 Å². The molecule has 0 fully saturated rings. The zero-order valence-electron chi connectivity index (χ0n) is 15.5. The maximum atomic E-state index is 12.5. The van der Waals surface area contributed by atoms with Gasteiger partial charge in [0.25, 0.3) is 0 Å². The topological polar surface area (TPSA) is 140 Å². The van der Waals surface area contributed by atoms with Crippen LogP contribution < -0.4 is 22.1 Å². The number of pyridine rings is 1. The first kappa shape index (κ1) is 23.4. The average Bonchev–Trinajstić information content (AvgIpc) is 2.67. The van der Waals surface area contributed by atoms with Gasteiger partial charge in [0.05, 0.1) is 17.6 Å². The Morgan fingerprint density at radius 1 is 1.19 bits per heavy atom. The SMILES string of the molecule is C[C@H](NC(=O)C(N)CCCCN)C(=O)N[C@@H](C)C(=O)c1cccnc1SS. The summed E-state index contributed by atoms with van der Waals surface area (Å²) in [6.45, 7) is 3.66. The molecule has 150 valence electrons. The molecule has 0 aliphatic carbocycles. The van der Waals surface area contributed by atoms with E-state index >= 15 is 0 Å². The van der Waals surface area contributed by atoms with Gasteiger partial charge < -0.3 is 22.1 Å². The normalized spacial score (nSPS) is 14.1. The van der Waals surface area contributed by atoms with E-state index < -0.39 is 29.9 Å². The molecule has 1 unspecified atom stereocenters. The Morgan fingerprint density at radius 3 is 2.48 bits per heavy atom. The summed E-state index contributed by atoms with van der Waals surface area (Å²) in [5, 5.41) is 5.64. The molecule has 10 heteroatoms. The molecule has 1 heterocycles. The van der Waals surface area contributed by atoms with E-state index in [1.54, 1.807) is 25.3 Å². The number of Topliss-reactive ketones (excluding diaryl/α,β-unsaturated/α-hetero) is 1. The lowest BCUT2D eigenvalue weighted by atomic mass is 10.1. The van der Waals surface area contributed by atoms with E-state index in [0.29, 0.717) is 23.6 Å². The molecule has 0 aromatic carbocycles. The Labute approximate surface area is 168 Å². The summed E-state index contributed by atoms with van der Waals surface area (Å²) in [5.74, 6) is -1.16. The second kappa shape index (κ2) is 12.0. The van der Waals surface area contributed by atoms with Crippen LogP contribution >= 0.6 is 22.5 Å². The van der Waals surface area contributed by atoms with Crippen LogP contribution in [0.2, 0.25) is 0 Å². The number of hydrogen-bond donors (Lipinski definition) is 5. The number of nitrogens with zero attached hydrogens (tertiary/aromatic N) is 1. The Hall–Kier alpha value is -1.62. The zero-order valence-corrected chi connectivity index (χ0v) is 17.2. The van der Waals surface area contributed by atoms with Crippen LogP contribution in [0.3, 0.4) is 0 Å². The van der Waals surface area contributed by atoms with E-state index in [0.717, 1.165) is 23.6 Å². The van der Waals surface area contributed by atoms with Crippen molar-refractivity contribution >= 4 is 40.1 Å². The van der Waals surface area contributed by atoms with Crippen LogP contribution in [-0.4, -0.2) is 47.3 Å². The van der Waals surface area contributed by atoms with Gasteiger partial charge >= 0.3 is 0 Å². The van der Waals surface area contributed by atoms with Gasteiger partial charge in [0.1, 0.15) is 11.1 Å². The summed E-state index contributed by atoms with van der Waals surface area (Å²) in [5.41, 5.74) is 11.6. The molecule has 2 amide bonds.